The van der Waals surface area contributed by atoms with Crippen LogP contribution >= 0.6 is 0 Å². The average Bonchev–Trinajstić information content (AvgIpc) is 3.35. The largest absolute Gasteiger partial charge is 0.490 e. The molecule has 2 saturated heterocycles. The van der Waals surface area contributed by atoms with Gasteiger partial charge in [-0.3, -0.25) is 9.69 Å². The van der Waals surface area contributed by atoms with Crippen molar-refractivity contribution in [1.29, 1.82) is 0 Å². The van der Waals surface area contributed by atoms with Crippen molar-refractivity contribution in [2.75, 3.05) is 26.2 Å². The van der Waals surface area contributed by atoms with Crippen molar-refractivity contribution in [3.05, 3.63) is 59.3 Å². The third-order valence-corrected chi connectivity index (χ3v) is 5.34. The quantitative estimate of drug-likeness (QED) is 0.736. The van der Waals surface area contributed by atoms with E-state index >= 15 is 0 Å². The minimum Gasteiger partial charge on any atom is -0.475 e. The van der Waals surface area contributed by atoms with Crippen LogP contribution in [0, 0.1) is 24.6 Å². The van der Waals surface area contributed by atoms with E-state index in [9.17, 15) is 22.4 Å². The number of hydrogen-bond donors (Lipinski definition) is 1. The van der Waals surface area contributed by atoms with Crippen LogP contribution in [0.1, 0.15) is 21.9 Å². The first-order valence-electron chi connectivity index (χ1n) is 9.65. The first-order valence-corrected chi connectivity index (χ1v) is 9.65. The van der Waals surface area contributed by atoms with Gasteiger partial charge in [-0.1, -0.05) is 12.1 Å². The molecule has 1 N–H and O–H groups in total. The summed E-state index contributed by atoms with van der Waals surface area (Å²) in [5, 5.41) is 7.12. The van der Waals surface area contributed by atoms with Crippen molar-refractivity contribution in [3.8, 4) is 0 Å². The van der Waals surface area contributed by atoms with Crippen molar-refractivity contribution in [2.45, 2.75) is 19.6 Å². The molecule has 0 unspecified atom stereocenters. The predicted molar refractivity (Wildman–Crippen MR) is 102 cm³/mol. The van der Waals surface area contributed by atoms with Crippen LogP contribution in [0.5, 0.6) is 0 Å². The number of fused-ring (bicyclic) bond motifs is 1. The molecule has 0 bridgehead atoms. The van der Waals surface area contributed by atoms with Gasteiger partial charge in [0.2, 0.25) is 0 Å². The number of amides is 1. The van der Waals surface area contributed by atoms with Crippen molar-refractivity contribution in [3.63, 3.8) is 0 Å². The number of hydrogen-bond acceptors (Lipinski definition) is 4. The number of rotatable bonds is 3. The maximum Gasteiger partial charge on any atom is 0.490 e. The number of furan rings is 1. The lowest BCUT2D eigenvalue weighted by Gasteiger charge is -2.21. The minimum absolute atomic E-state index is 0.00539. The Kier molecular flexibility index (Phi) is 6.68. The maximum absolute atomic E-state index is 13.3. The number of carboxylic acids is 1. The minimum atomic E-state index is -5.08. The van der Waals surface area contributed by atoms with Gasteiger partial charge < -0.3 is 14.4 Å². The van der Waals surface area contributed by atoms with Crippen molar-refractivity contribution in [2.24, 2.45) is 11.8 Å². The van der Waals surface area contributed by atoms with Gasteiger partial charge in [-0.2, -0.15) is 13.2 Å². The van der Waals surface area contributed by atoms with E-state index in [1.165, 1.54) is 6.07 Å². The number of alkyl halides is 3. The summed E-state index contributed by atoms with van der Waals surface area (Å²) in [5.74, 6) is -0.751. The van der Waals surface area contributed by atoms with Gasteiger partial charge in [-0.25, -0.2) is 9.18 Å². The maximum atomic E-state index is 13.3. The highest BCUT2D eigenvalue weighted by molar-refractivity contribution is 5.91. The number of aliphatic carboxylic acids is 1. The molecule has 2 fully saturated rings. The SMILES string of the molecule is Cc1ccc(C(=O)N2C[C@H]3CN(Cc4cccc(F)c4)C[C@H]3C2)o1.O=C(O)C(F)(F)F. The summed E-state index contributed by atoms with van der Waals surface area (Å²) in [6.45, 7) is 6.10. The predicted octanol–water partition coefficient (Wildman–Crippen LogP) is 3.56. The fraction of sp³-hybridized carbons (Fsp3) is 0.429. The fourth-order valence-corrected chi connectivity index (χ4v) is 3.98. The summed E-state index contributed by atoms with van der Waals surface area (Å²) in [7, 11) is 0. The second kappa shape index (κ2) is 9.09. The Bertz CT molecular complexity index is 929. The molecule has 0 radical (unpaired) electrons. The molecule has 10 heteroatoms. The third-order valence-electron chi connectivity index (χ3n) is 5.34. The Morgan fingerprint density at radius 1 is 1.10 bits per heavy atom. The Morgan fingerprint density at radius 2 is 1.71 bits per heavy atom. The summed E-state index contributed by atoms with van der Waals surface area (Å²) in [5.41, 5.74) is 1.01. The molecule has 3 heterocycles. The first kappa shape index (κ1) is 22.8. The van der Waals surface area contributed by atoms with E-state index in [-0.39, 0.29) is 11.7 Å². The van der Waals surface area contributed by atoms with Gasteiger partial charge in [0.15, 0.2) is 5.76 Å². The Morgan fingerprint density at radius 3 is 2.19 bits per heavy atom. The molecule has 0 spiro atoms. The normalized spacial score (nSPS) is 20.9. The molecule has 0 saturated carbocycles. The number of carbonyl (C=O) groups excluding carboxylic acids is 1. The molecule has 1 aromatic carbocycles. The van der Waals surface area contributed by atoms with Crippen LogP contribution in [0.15, 0.2) is 40.8 Å². The molecule has 0 aliphatic carbocycles. The Hall–Kier alpha value is -2.88. The van der Waals surface area contributed by atoms with Gasteiger partial charge in [-0.05, 0) is 48.6 Å². The summed E-state index contributed by atoms with van der Waals surface area (Å²) in [6.07, 6.45) is -5.08. The number of benzene rings is 1. The topological polar surface area (TPSA) is 74.0 Å². The molecule has 2 aliphatic rings. The van der Waals surface area contributed by atoms with Crippen LogP contribution in [0.25, 0.3) is 0 Å². The number of aryl methyl sites for hydroxylation is 1. The average molecular weight is 442 g/mol. The molecule has 2 atom stereocenters. The van der Waals surface area contributed by atoms with Gasteiger partial charge >= 0.3 is 12.1 Å². The Labute approximate surface area is 176 Å². The number of likely N-dealkylation sites (tertiary alicyclic amines) is 2. The molecule has 1 aromatic heterocycles. The number of halogens is 4. The van der Waals surface area contributed by atoms with E-state index in [1.807, 2.05) is 24.0 Å². The number of nitrogens with zero attached hydrogens (tertiary/aromatic N) is 2. The number of carbonyl (C=O) groups is 2. The molecule has 4 rings (SSSR count). The van der Waals surface area contributed by atoms with Crippen molar-refractivity contribution in [1.82, 2.24) is 9.80 Å². The van der Waals surface area contributed by atoms with Crippen molar-refractivity contribution >= 4 is 11.9 Å². The highest BCUT2D eigenvalue weighted by Crippen LogP contribution is 2.32. The smallest absolute Gasteiger partial charge is 0.475 e. The van der Waals surface area contributed by atoms with Crippen LogP contribution in [-0.2, 0) is 11.3 Å². The van der Waals surface area contributed by atoms with Crippen molar-refractivity contribution < 1.29 is 36.7 Å². The monoisotopic (exact) mass is 442 g/mol. The standard InChI is InChI=1S/C19H21FN2O2.C2HF3O2/c1-13-5-6-18(24-13)19(23)22-11-15-9-21(10-16(15)12-22)8-14-3-2-4-17(20)7-14;3-2(4,5)1(6)7/h2-7,15-16H,8-12H2,1H3;(H,6,7)/t15-,16+;. The zero-order valence-corrected chi connectivity index (χ0v) is 16.7. The zero-order valence-electron chi connectivity index (χ0n) is 16.7. The van der Waals surface area contributed by atoms with E-state index in [2.05, 4.69) is 4.90 Å². The molecule has 1 amide bonds. The fourth-order valence-electron chi connectivity index (χ4n) is 3.98. The first-order chi connectivity index (χ1) is 14.5. The van der Waals surface area contributed by atoms with Crippen LogP contribution in [0.3, 0.4) is 0 Å². The second-order valence-electron chi connectivity index (χ2n) is 7.77. The van der Waals surface area contributed by atoms with E-state index in [0.717, 1.165) is 44.0 Å². The van der Waals surface area contributed by atoms with Gasteiger partial charge in [0.1, 0.15) is 11.6 Å². The van der Waals surface area contributed by atoms with E-state index < -0.39 is 12.1 Å². The second-order valence-corrected chi connectivity index (χ2v) is 7.77. The highest BCUT2D eigenvalue weighted by Gasteiger charge is 2.42. The molecule has 168 valence electrons. The van der Waals surface area contributed by atoms with E-state index in [4.69, 9.17) is 14.3 Å². The van der Waals surface area contributed by atoms with Crippen LogP contribution < -0.4 is 0 Å². The van der Waals surface area contributed by atoms with Crippen LogP contribution in [0.4, 0.5) is 17.6 Å². The summed E-state index contributed by atoms with van der Waals surface area (Å²) >= 11 is 0. The Balaban J connectivity index is 0.000000339. The molecule has 6 nitrogen and oxygen atoms in total. The molecular weight excluding hydrogens is 420 g/mol. The van der Waals surface area contributed by atoms with Gasteiger partial charge in [0.05, 0.1) is 0 Å². The van der Waals surface area contributed by atoms with Gasteiger partial charge in [0.25, 0.3) is 5.91 Å². The lowest BCUT2D eigenvalue weighted by atomic mass is 10.0. The molecule has 2 aromatic rings. The summed E-state index contributed by atoms with van der Waals surface area (Å²) in [6, 6.07) is 10.4. The zero-order chi connectivity index (χ0) is 22.8. The number of carboxylic acid groups (broad SMARTS) is 1. The lowest BCUT2D eigenvalue weighted by Crippen LogP contribution is -2.33. The molecule has 31 heavy (non-hydrogen) atoms. The van der Waals surface area contributed by atoms with E-state index in [1.54, 1.807) is 18.2 Å². The van der Waals surface area contributed by atoms with E-state index in [0.29, 0.717) is 17.6 Å². The highest BCUT2D eigenvalue weighted by atomic mass is 19.4. The summed E-state index contributed by atoms with van der Waals surface area (Å²) in [4.78, 5) is 25.6. The van der Waals surface area contributed by atoms with Gasteiger partial charge in [-0.15, -0.1) is 0 Å². The third kappa shape index (κ3) is 5.84. The molecule has 2 aliphatic heterocycles. The molecular formula is C21H22F4N2O4. The van der Waals surface area contributed by atoms with Crippen LogP contribution in [-0.4, -0.2) is 59.1 Å². The van der Waals surface area contributed by atoms with Gasteiger partial charge in [0, 0.05) is 32.7 Å². The van der Waals surface area contributed by atoms with Crippen LogP contribution in [0.2, 0.25) is 0 Å². The summed E-state index contributed by atoms with van der Waals surface area (Å²) < 4.78 is 50.5. The lowest BCUT2D eigenvalue weighted by molar-refractivity contribution is -0.192.